The molecule has 0 radical (unpaired) electrons. The van der Waals surface area contributed by atoms with Crippen molar-refractivity contribution in [2.24, 2.45) is 7.05 Å². The number of aromatic nitrogens is 1. The molecule has 2 rings (SSSR count). The highest BCUT2D eigenvalue weighted by molar-refractivity contribution is 5.91. The third kappa shape index (κ3) is 4.02. The van der Waals surface area contributed by atoms with Crippen LogP contribution in [0.2, 0.25) is 0 Å². The Morgan fingerprint density at radius 2 is 1.88 bits per heavy atom. The van der Waals surface area contributed by atoms with E-state index in [0.29, 0.717) is 10.9 Å². The lowest BCUT2D eigenvalue weighted by Gasteiger charge is -2.18. The molecule has 0 fully saturated rings. The van der Waals surface area contributed by atoms with Crippen molar-refractivity contribution in [3.05, 3.63) is 40.2 Å². The van der Waals surface area contributed by atoms with Crippen molar-refractivity contribution in [2.75, 3.05) is 25.6 Å². The van der Waals surface area contributed by atoms with Crippen molar-refractivity contribution in [1.29, 1.82) is 0 Å². The first-order valence-electron chi connectivity index (χ1n) is 8.01. The molecule has 0 aliphatic carbocycles. The number of aryl methyl sites for hydroxylation is 1. The lowest BCUT2D eigenvalue weighted by molar-refractivity contribution is -0.132. The second kappa shape index (κ2) is 7.42. The summed E-state index contributed by atoms with van der Waals surface area (Å²) in [6.07, 6.45) is 1.90. The van der Waals surface area contributed by atoms with Crippen LogP contribution >= 0.6 is 0 Å². The number of fused-ring (bicyclic) bond motifs is 1. The van der Waals surface area contributed by atoms with Gasteiger partial charge < -0.3 is 18.9 Å². The zero-order valence-electron chi connectivity index (χ0n) is 15.5. The molecule has 0 saturated heterocycles. The molecule has 0 N–H and O–H groups in total. The first-order valence-corrected chi connectivity index (χ1v) is 8.01. The number of hydrogen-bond donors (Lipinski definition) is 0. The molecule has 1 heterocycles. The maximum atomic E-state index is 12.7. The fourth-order valence-corrected chi connectivity index (χ4v) is 2.42. The summed E-state index contributed by atoms with van der Waals surface area (Å²) in [6.45, 7) is 5.47. The van der Waals surface area contributed by atoms with Gasteiger partial charge >= 0.3 is 5.97 Å². The van der Waals surface area contributed by atoms with Gasteiger partial charge in [0.1, 0.15) is 6.61 Å². The highest BCUT2D eigenvalue weighted by atomic mass is 16.6. The summed E-state index contributed by atoms with van der Waals surface area (Å²) in [7, 11) is 5.51. The quantitative estimate of drug-likeness (QED) is 0.616. The molecule has 0 aliphatic rings. The average molecular weight is 344 g/mol. The normalized spacial score (nSPS) is 10.5. The number of esters is 1. The smallest absolute Gasteiger partial charge is 0.308 e. The molecule has 134 valence electrons. The maximum absolute atomic E-state index is 12.7. The summed E-state index contributed by atoms with van der Waals surface area (Å²) >= 11 is 0. The Morgan fingerprint density at radius 1 is 1.20 bits per heavy atom. The molecule has 2 aromatic rings. The van der Waals surface area contributed by atoms with Crippen molar-refractivity contribution in [3.8, 4) is 11.5 Å². The summed E-state index contributed by atoms with van der Waals surface area (Å²) in [6, 6.07) is 5.70. The van der Waals surface area contributed by atoms with E-state index >= 15 is 0 Å². The largest absolute Gasteiger partial charge is 0.485 e. The van der Waals surface area contributed by atoms with E-state index in [1.54, 1.807) is 7.05 Å². The van der Waals surface area contributed by atoms with Crippen molar-refractivity contribution in [3.63, 3.8) is 0 Å². The minimum absolute atomic E-state index is 0.0812. The Balaban J connectivity index is 2.73. The van der Waals surface area contributed by atoms with Crippen LogP contribution in [0, 0.1) is 0 Å². The highest BCUT2D eigenvalue weighted by Crippen LogP contribution is 2.34. The van der Waals surface area contributed by atoms with Crippen molar-refractivity contribution in [2.45, 2.75) is 20.8 Å². The first kappa shape index (κ1) is 18.6. The molecule has 0 bridgehead atoms. The highest BCUT2D eigenvalue weighted by Gasteiger charge is 2.20. The summed E-state index contributed by atoms with van der Waals surface area (Å²) < 4.78 is 12.5. The van der Waals surface area contributed by atoms with Gasteiger partial charge in [0.05, 0.1) is 5.52 Å². The van der Waals surface area contributed by atoms with E-state index in [-0.39, 0.29) is 18.1 Å². The van der Waals surface area contributed by atoms with Gasteiger partial charge in [-0.25, -0.2) is 0 Å². The Morgan fingerprint density at radius 3 is 2.44 bits per heavy atom. The topological polar surface area (TPSA) is 60.8 Å². The van der Waals surface area contributed by atoms with Gasteiger partial charge in [-0.2, -0.15) is 0 Å². The number of pyridine rings is 1. The van der Waals surface area contributed by atoms with E-state index in [4.69, 9.17) is 9.47 Å². The van der Waals surface area contributed by atoms with Gasteiger partial charge in [0, 0.05) is 39.1 Å². The van der Waals surface area contributed by atoms with Crippen LogP contribution in [0.4, 0.5) is 5.69 Å². The Labute approximate surface area is 147 Å². The molecule has 6 heteroatoms. The zero-order chi connectivity index (χ0) is 18.7. The summed E-state index contributed by atoms with van der Waals surface area (Å²) in [4.78, 5) is 26.1. The van der Waals surface area contributed by atoms with Crippen LogP contribution in [-0.4, -0.2) is 31.2 Å². The molecular formula is C19H24N2O4. The van der Waals surface area contributed by atoms with E-state index < -0.39 is 11.5 Å². The Kier molecular flexibility index (Phi) is 5.51. The molecule has 1 aromatic heterocycles. The summed E-state index contributed by atoms with van der Waals surface area (Å²) in [5.74, 6) is -0.355. The predicted molar refractivity (Wildman–Crippen MR) is 99.8 cm³/mol. The molecule has 0 amide bonds. The number of carbonyl (C=O) groups is 1. The van der Waals surface area contributed by atoms with Gasteiger partial charge in [-0.05, 0) is 38.1 Å². The Bertz CT molecular complexity index is 890. The number of rotatable bonds is 5. The summed E-state index contributed by atoms with van der Waals surface area (Å²) in [5, 5.41) is 0.714. The van der Waals surface area contributed by atoms with Crippen LogP contribution in [0.3, 0.4) is 0 Å². The molecule has 6 nitrogen and oxygen atoms in total. The fraction of sp³-hybridized carbons (Fsp3) is 0.368. The number of allylic oxidation sites excluding steroid dienone is 1. The number of carbonyl (C=O) groups excluding carboxylic acids is 1. The zero-order valence-corrected chi connectivity index (χ0v) is 15.5. The van der Waals surface area contributed by atoms with Crippen LogP contribution in [0.5, 0.6) is 11.5 Å². The molecule has 0 unspecified atom stereocenters. The SMILES string of the molecule is CC(=O)Oc1c(OCC=C(C)C)c2ccc(N(C)C)cc2n(C)c1=O. The number of anilines is 1. The van der Waals surface area contributed by atoms with Crippen LogP contribution in [-0.2, 0) is 11.8 Å². The fourth-order valence-electron chi connectivity index (χ4n) is 2.42. The third-order valence-corrected chi connectivity index (χ3v) is 3.77. The maximum Gasteiger partial charge on any atom is 0.308 e. The van der Waals surface area contributed by atoms with Gasteiger partial charge in [0.25, 0.3) is 5.56 Å². The molecule has 1 aromatic carbocycles. The summed E-state index contributed by atoms with van der Waals surface area (Å²) in [5.41, 5.74) is 2.35. The predicted octanol–water partition coefficient (Wildman–Crippen LogP) is 2.87. The van der Waals surface area contributed by atoms with Crippen molar-refractivity contribution < 1.29 is 14.3 Å². The van der Waals surface area contributed by atoms with E-state index in [0.717, 1.165) is 11.3 Å². The minimum Gasteiger partial charge on any atom is -0.485 e. The van der Waals surface area contributed by atoms with Crippen molar-refractivity contribution >= 4 is 22.6 Å². The third-order valence-electron chi connectivity index (χ3n) is 3.77. The van der Waals surface area contributed by atoms with Gasteiger partial charge in [-0.15, -0.1) is 0 Å². The number of nitrogens with zero attached hydrogens (tertiary/aromatic N) is 2. The first-order chi connectivity index (χ1) is 11.7. The second-order valence-corrected chi connectivity index (χ2v) is 6.30. The van der Waals surface area contributed by atoms with Crippen LogP contribution in [0.15, 0.2) is 34.6 Å². The molecular weight excluding hydrogens is 320 g/mol. The van der Waals surface area contributed by atoms with Crippen LogP contribution in [0.25, 0.3) is 10.9 Å². The monoisotopic (exact) mass is 344 g/mol. The van der Waals surface area contributed by atoms with E-state index in [9.17, 15) is 9.59 Å². The number of benzene rings is 1. The minimum atomic E-state index is -0.562. The van der Waals surface area contributed by atoms with Crippen LogP contribution in [0.1, 0.15) is 20.8 Å². The lowest BCUT2D eigenvalue weighted by Crippen LogP contribution is -2.23. The molecule has 0 atom stereocenters. The van der Waals surface area contributed by atoms with E-state index in [1.165, 1.54) is 11.5 Å². The van der Waals surface area contributed by atoms with Gasteiger partial charge in [0.15, 0.2) is 5.75 Å². The van der Waals surface area contributed by atoms with Gasteiger partial charge in [-0.1, -0.05) is 5.57 Å². The standard InChI is InChI=1S/C19H24N2O4/c1-12(2)9-10-24-17-15-8-7-14(20(4)5)11-16(15)21(6)19(23)18(17)25-13(3)22/h7-9,11H,10H2,1-6H3. The van der Waals surface area contributed by atoms with E-state index in [2.05, 4.69) is 0 Å². The van der Waals surface area contributed by atoms with Crippen molar-refractivity contribution in [1.82, 2.24) is 4.57 Å². The van der Waals surface area contributed by atoms with E-state index in [1.807, 2.05) is 57.1 Å². The molecule has 25 heavy (non-hydrogen) atoms. The average Bonchev–Trinajstić information content (AvgIpc) is 2.53. The van der Waals surface area contributed by atoms with Gasteiger partial charge in [0.2, 0.25) is 5.75 Å². The molecule has 0 saturated carbocycles. The lowest BCUT2D eigenvalue weighted by atomic mass is 10.1. The van der Waals surface area contributed by atoms with Crippen LogP contribution < -0.4 is 19.9 Å². The number of ether oxygens (including phenoxy) is 2. The van der Waals surface area contributed by atoms with Gasteiger partial charge in [-0.3, -0.25) is 9.59 Å². The molecule has 0 spiro atoms. The Hall–Kier alpha value is -2.76. The second-order valence-electron chi connectivity index (χ2n) is 6.30. The molecule has 0 aliphatic heterocycles. The number of hydrogen-bond acceptors (Lipinski definition) is 5.